The Balaban J connectivity index is 4.34. The third kappa shape index (κ3) is 50.0. The number of esters is 2. The summed E-state index contributed by atoms with van der Waals surface area (Å²) in [5, 5.41) is 0. The molecule has 5 heteroatoms. The van der Waals surface area contributed by atoms with Crippen LogP contribution >= 0.6 is 0 Å². The Kier molecular flexibility index (Phi) is 50.4. The second-order valence-electron chi connectivity index (χ2n) is 17.4. The average Bonchev–Trinajstić information content (AvgIpc) is 3.27. The van der Waals surface area contributed by atoms with E-state index in [0.29, 0.717) is 25.9 Å². The van der Waals surface area contributed by atoms with Gasteiger partial charge in [-0.1, -0.05) is 235 Å². The minimum Gasteiger partial charge on any atom is -0.462 e. The van der Waals surface area contributed by atoms with Crippen molar-refractivity contribution in [3.05, 3.63) is 72.9 Å². The van der Waals surface area contributed by atoms with Crippen molar-refractivity contribution in [2.45, 2.75) is 258 Å². The molecule has 0 saturated carbocycles. The highest BCUT2D eigenvalue weighted by molar-refractivity contribution is 5.70. The number of ether oxygens (including phenoxy) is 3. The molecular formula is C57H100O5. The van der Waals surface area contributed by atoms with Crippen LogP contribution in [0.4, 0.5) is 0 Å². The summed E-state index contributed by atoms with van der Waals surface area (Å²) in [4.78, 5) is 25.3. The van der Waals surface area contributed by atoms with Gasteiger partial charge >= 0.3 is 11.9 Å². The molecule has 0 aliphatic rings. The van der Waals surface area contributed by atoms with E-state index in [1.807, 2.05) is 6.08 Å². The molecule has 0 unspecified atom stereocenters. The first-order valence-electron chi connectivity index (χ1n) is 26.5. The minimum atomic E-state index is -0.569. The van der Waals surface area contributed by atoms with Crippen LogP contribution in [0.2, 0.25) is 0 Å². The van der Waals surface area contributed by atoms with E-state index >= 15 is 0 Å². The Morgan fingerprint density at radius 1 is 0.355 bits per heavy atom. The predicted molar refractivity (Wildman–Crippen MR) is 270 cm³/mol. The Morgan fingerprint density at radius 2 is 0.726 bits per heavy atom. The fourth-order valence-corrected chi connectivity index (χ4v) is 7.24. The van der Waals surface area contributed by atoms with Crippen LogP contribution in [0.5, 0.6) is 0 Å². The number of unbranched alkanes of at least 4 members (excludes halogenated alkanes) is 25. The lowest BCUT2D eigenvalue weighted by Gasteiger charge is -2.18. The second-order valence-corrected chi connectivity index (χ2v) is 17.4. The molecule has 358 valence electrons. The lowest BCUT2D eigenvalue weighted by atomic mass is 10.0. The molecule has 0 N–H and O–H groups in total. The molecule has 0 heterocycles. The van der Waals surface area contributed by atoms with Gasteiger partial charge in [-0.3, -0.25) is 9.59 Å². The largest absolute Gasteiger partial charge is 0.462 e. The number of hydrogen-bond donors (Lipinski definition) is 0. The average molecular weight is 865 g/mol. The van der Waals surface area contributed by atoms with Gasteiger partial charge in [0, 0.05) is 19.4 Å². The standard InChI is InChI=1S/C57H100O5/c1-4-7-10-13-16-19-22-24-26-28-29-30-31-33-36-38-41-44-47-50-56(58)61-54-55(62-57(59)51-48-45-42-39-35-21-18-15-12-9-6-3)53-60-52-49-46-43-40-37-34-32-27-25-23-20-17-14-11-8-5-2/h15-16,18-19,24,26,29-30,33,36,41,44,55H,4-14,17,20-23,25,27-28,31-32,34-35,37-40,42-43,45-54H2,1-3H3/b18-15-,19-16-,26-24-,30-29-,36-33-,44-41-/t55-/m1/s1. The van der Waals surface area contributed by atoms with Crippen LogP contribution in [0.25, 0.3) is 0 Å². The van der Waals surface area contributed by atoms with Crippen molar-refractivity contribution in [3.8, 4) is 0 Å². The van der Waals surface area contributed by atoms with Crippen molar-refractivity contribution in [2.24, 2.45) is 0 Å². The molecule has 0 aromatic rings. The van der Waals surface area contributed by atoms with Crippen LogP contribution in [-0.2, 0) is 23.8 Å². The van der Waals surface area contributed by atoms with Gasteiger partial charge in [-0.2, -0.15) is 0 Å². The van der Waals surface area contributed by atoms with E-state index < -0.39 is 6.10 Å². The summed E-state index contributed by atoms with van der Waals surface area (Å²) in [6.45, 7) is 7.70. The molecule has 0 radical (unpaired) electrons. The van der Waals surface area contributed by atoms with Crippen molar-refractivity contribution in [2.75, 3.05) is 19.8 Å². The predicted octanol–water partition coefficient (Wildman–Crippen LogP) is 17.9. The van der Waals surface area contributed by atoms with Crippen LogP contribution < -0.4 is 0 Å². The molecule has 0 aromatic carbocycles. The van der Waals surface area contributed by atoms with Gasteiger partial charge < -0.3 is 14.2 Å². The first-order valence-corrected chi connectivity index (χ1v) is 26.5. The number of carbonyl (C=O) groups is 2. The Labute approximate surface area is 385 Å². The van der Waals surface area contributed by atoms with E-state index in [9.17, 15) is 9.59 Å². The van der Waals surface area contributed by atoms with E-state index in [0.717, 1.165) is 64.2 Å². The quantitative estimate of drug-likeness (QED) is 0.0346. The van der Waals surface area contributed by atoms with Crippen molar-refractivity contribution >= 4 is 11.9 Å². The topological polar surface area (TPSA) is 61.8 Å². The zero-order chi connectivity index (χ0) is 44.9. The molecule has 0 rings (SSSR count). The first-order chi connectivity index (χ1) is 30.6. The van der Waals surface area contributed by atoms with Gasteiger partial charge in [0.1, 0.15) is 6.61 Å². The molecule has 0 saturated heterocycles. The van der Waals surface area contributed by atoms with Crippen LogP contribution in [0.1, 0.15) is 252 Å². The summed E-state index contributed by atoms with van der Waals surface area (Å²) in [6.07, 6.45) is 67.8. The van der Waals surface area contributed by atoms with Crippen LogP contribution in [-0.4, -0.2) is 37.9 Å². The summed E-state index contributed by atoms with van der Waals surface area (Å²) in [6, 6.07) is 0. The molecule has 5 nitrogen and oxygen atoms in total. The lowest BCUT2D eigenvalue weighted by Crippen LogP contribution is -2.30. The van der Waals surface area contributed by atoms with E-state index in [1.54, 1.807) is 0 Å². The van der Waals surface area contributed by atoms with Crippen molar-refractivity contribution < 1.29 is 23.8 Å². The molecule has 0 aliphatic carbocycles. The zero-order valence-corrected chi connectivity index (χ0v) is 41.1. The molecular weight excluding hydrogens is 765 g/mol. The van der Waals surface area contributed by atoms with Gasteiger partial charge in [0.2, 0.25) is 0 Å². The summed E-state index contributed by atoms with van der Waals surface area (Å²) in [5.74, 6) is -0.498. The fourth-order valence-electron chi connectivity index (χ4n) is 7.24. The smallest absolute Gasteiger partial charge is 0.306 e. The molecule has 0 fully saturated rings. The minimum absolute atomic E-state index is 0.0429. The second kappa shape index (κ2) is 52.7. The third-order valence-corrected chi connectivity index (χ3v) is 11.2. The van der Waals surface area contributed by atoms with E-state index in [2.05, 4.69) is 87.6 Å². The Bertz CT molecular complexity index is 1110. The van der Waals surface area contributed by atoms with Gasteiger partial charge in [-0.15, -0.1) is 0 Å². The molecule has 0 aliphatic heterocycles. The number of rotatable bonds is 48. The monoisotopic (exact) mass is 865 g/mol. The maximum atomic E-state index is 12.8. The van der Waals surface area contributed by atoms with Gasteiger partial charge in [-0.05, 0) is 77.0 Å². The number of hydrogen-bond acceptors (Lipinski definition) is 5. The highest BCUT2D eigenvalue weighted by atomic mass is 16.6. The number of carbonyl (C=O) groups excluding carboxylic acids is 2. The molecule has 0 spiro atoms. The molecule has 1 atom stereocenters. The highest BCUT2D eigenvalue weighted by Gasteiger charge is 2.17. The Hall–Kier alpha value is -2.66. The fraction of sp³-hybridized carbons (Fsp3) is 0.754. The maximum Gasteiger partial charge on any atom is 0.306 e. The van der Waals surface area contributed by atoms with Crippen LogP contribution in [0.3, 0.4) is 0 Å². The summed E-state index contributed by atoms with van der Waals surface area (Å²) < 4.78 is 17.3. The van der Waals surface area contributed by atoms with Crippen molar-refractivity contribution in [1.82, 2.24) is 0 Å². The Morgan fingerprint density at radius 3 is 1.24 bits per heavy atom. The van der Waals surface area contributed by atoms with E-state index in [4.69, 9.17) is 14.2 Å². The van der Waals surface area contributed by atoms with Gasteiger partial charge in [0.05, 0.1) is 6.61 Å². The number of allylic oxidation sites excluding steroid dienone is 12. The molecule has 0 bridgehead atoms. The third-order valence-electron chi connectivity index (χ3n) is 11.2. The SMILES string of the molecule is CCCC/C=C\CCCCCCCC(=O)O[C@H](COCCCCCCCCCCCCCCCCCC)COC(=O)CC/C=C\C/C=C\C/C=C\C/C=C\C/C=C\CCCCC. The summed E-state index contributed by atoms with van der Waals surface area (Å²) in [7, 11) is 0. The van der Waals surface area contributed by atoms with E-state index in [1.165, 1.54) is 148 Å². The molecule has 0 aromatic heterocycles. The van der Waals surface area contributed by atoms with Gasteiger partial charge in [-0.25, -0.2) is 0 Å². The summed E-state index contributed by atoms with van der Waals surface area (Å²) >= 11 is 0. The van der Waals surface area contributed by atoms with Crippen molar-refractivity contribution in [3.63, 3.8) is 0 Å². The van der Waals surface area contributed by atoms with Crippen LogP contribution in [0.15, 0.2) is 72.9 Å². The summed E-state index contributed by atoms with van der Waals surface area (Å²) in [5.41, 5.74) is 0. The normalized spacial score (nSPS) is 12.8. The lowest BCUT2D eigenvalue weighted by molar-refractivity contribution is -0.162. The van der Waals surface area contributed by atoms with Gasteiger partial charge in [0.25, 0.3) is 0 Å². The molecule has 62 heavy (non-hydrogen) atoms. The zero-order valence-electron chi connectivity index (χ0n) is 41.1. The first kappa shape index (κ1) is 59.3. The molecule has 0 amide bonds. The van der Waals surface area contributed by atoms with Gasteiger partial charge in [0.15, 0.2) is 6.10 Å². The maximum absolute atomic E-state index is 12.8. The van der Waals surface area contributed by atoms with Crippen LogP contribution in [0, 0.1) is 0 Å². The highest BCUT2D eigenvalue weighted by Crippen LogP contribution is 2.15. The van der Waals surface area contributed by atoms with E-state index in [-0.39, 0.29) is 25.2 Å². The van der Waals surface area contributed by atoms with Crippen molar-refractivity contribution in [1.29, 1.82) is 0 Å².